The summed E-state index contributed by atoms with van der Waals surface area (Å²) in [5, 5.41) is 5.03. The quantitative estimate of drug-likeness (QED) is 0.223. The molecule has 236 valence electrons. The third kappa shape index (κ3) is 3.98. The number of nitrogens with zero attached hydrogens (tertiary/aromatic N) is 6. The molecule has 2 N–H and O–H groups in total. The average molecular weight is 645 g/mol. The molecule has 1 aromatic carbocycles. The highest BCUT2D eigenvalue weighted by molar-refractivity contribution is 7.50. The lowest BCUT2D eigenvalue weighted by Gasteiger charge is -2.47. The van der Waals surface area contributed by atoms with Crippen LogP contribution in [0, 0.1) is 0 Å². The van der Waals surface area contributed by atoms with Gasteiger partial charge in [-0.15, -0.1) is 0 Å². The Morgan fingerprint density at radius 1 is 1.11 bits per heavy atom. The van der Waals surface area contributed by atoms with Gasteiger partial charge in [0, 0.05) is 61.9 Å². The number of hydrogen-bond donors (Lipinski definition) is 2. The van der Waals surface area contributed by atoms with Gasteiger partial charge in [0.25, 0.3) is 0 Å². The van der Waals surface area contributed by atoms with E-state index in [0.717, 1.165) is 28.0 Å². The Kier molecular flexibility index (Phi) is 6.36. The Bertz CT molecular complexity index is 1960. The molecule has 0 saturated carbocycles. The number of alkyl halides is 3. The summed E-state index contributed by atoms with van der Waals surface area (Å²) in [6.07, 6.45) is -0.813. The second-order valence-corrected chi connectivity index (χ2v) is 13.2. The minimum Gasteiger partial charge on any atom is -0.365 e. The van der Waals surface area contributed by atoms with E-state index in [9.17, 15) is 27.5 Å². The second-order valence-electron chi connectivity index (χ2n) is 11.8. The van der Waals surface area contributed by atoms with Gasteiger partial charge in [0.1, 0.15) is 5.83 Å². The molecule has 10 nitrogen and oxygen atoms in total. The molecule has 0 radical (unpaired) electrons. The monoisotopic (exact) mass is 644 g/mol. The fourth-order valence-corrected chi connectivity index (χ4v) is 8.01. The van der Waals surface area contributed by atoms with Crippen LogP contribution in [0.5, 0.6) is 0 Å². The van der Waals surface area contributed by atoms with Crippen LogP contribution in [0.3, 0.4) is 0 Å². The Labute approximate surface area is 255 Å². The molecular weight excluding hydrogens is 615 g/mol. The summed E-state index contributed by atoms with van der Waals surface area (Å²) >= 11 is 0. The molecule has 0 spiro atoms. The number of allylic oxidation sites excluding steroid dienone is 1. The first-order valence-electron chi connectivity index (χ1n) is 14.3. The molecule has 3 aliphatic rings. The molecule has 7 rings (SSSR count). The number of para-hydroxylation sites is 1. The Balaban J connectivity index is 1.51. The van der Waals surface area contributed by atoms with Gasteiger partial charge < -0.3 is 19.4 Å². The molecule has 4 aromatic rings. The minimum atomic E-state index is -4.94. The Morgan fingerprint density at radius 3 is 2.44 bits per heavy atom. The second kappa shape index (κ2) is 9.58. The molecule has 0 saturated heterocycles. The molecule has 1 aliphatic carbocycles. The van der Waals surface area contributed by atoms with Crippen molar-refractivity contribution < 1.29 is 36.7 Å². The number of benzene rings is 1. The zero-order valence-electron chi connectivity index (χ0n) is 24.7. The first kappa shape index (κ1) is 29.8. The summed E-state index contributed by atoms with van der Waals surface area (Å²) in [4.78, 5) is 30.4. The van der Waals surface area contributed by atoms with E-state index in [4.69, 9.17) is 9.84 Å². The highest BCUT2D eigenvalue weighted by atomic mass is 31.2. The van der Waals surface area contributed by atoms with Gasteiger partial charge in [0.2, 0.25) is 5.95 Å². The van der Waals surface area contributed by atoms with Crippen molar-refractivity contribution in [1.82, 2.24) is 24.1 Å². The number of halogens is 4. The van der Waals surface area contributed by atoms with Gasteiger partial charge in [-0.2, -0.15) is 18.3 Å². The topological polar surface area (TPSA) is 119 Å². The van der Waals surface area contributed by atoms with Crippen LogP contribution in [0.15, 0.2) is 48.7 Å². The van der Waals surface area contributed by atoms with Crippen LogP contribution in [-0.2, 0) is 45.9 Å². The number of methoxy groups -OCH3 is 1. The van der Waals surface area contributed by atoms with Crippen LogP contribution in [0.4, 0.5) is 23.5 Å². The first-order valence-corrected chi connectivity index (χ1v) is 15.8. The van der Waals surface area contributed by atoms with E-state index >= 15 is 4.39 Å². The first-order chi connectivity index (χ1) is 21.2. The summed E-state index contributed by atoms with van der Waals surface area (Å²) in [6.45, 7) is 5.79. The third-order valence-electron chi connectivity index (χ3n) is 9.42. The van der Waals surface area contributed by atoms with Crippen molar-refractivity contribution in [3.8, 4) is 5.69 Å². The molecule has 2 unspecified atom stereocenters. The lowest BCUT2D eigenvalue weighted by atomic mass is 9.61. The van der Waals surface area contributed by atoms with E-state index in [1.165, 1.54) is 20.2 Å². The zero-order chi connectivity index (χ0) is 32.3. The van der Waals surface area contributed by atoms with Crippen LogP contribution >= 0.6 is 7.75 Å². The van der Waals surface area contributed by atoms with Gasteiger partial charge in [-0.25, -0.2) is 23.6 Å². The highest BCUT2D eigenvalue weighted by Crippen LogP contribution is 2.62. The Hall–Kier alpha value is -3.84. The zero-order valence-corrected chi connectivity index (χ0v) is 25.6. The van der Waals surface area contributed by atoms with Crippen molar-refractivity contribution in [2.45, 2.75) is 57.3 Å². The number of rotatable bonds is 4. The molecule has 5 heterocycles. The van der Waals surface area contributed by atoms with E-state index in [1.807, 2.05) is 32.0 Å². The predicted octanol–water partition coefficient (Wildman–Crippen LogP) is 5.42. The fraction of sp³-hybridized carbons (Fsp3) is 0.367. The number of ether oxygens (including phenoxy) is 1. The number of fused-ring (bicyclic) bond motifs is 10. The average Bonchev–Trinajstić information content (AvgIpc) is 3.63. The lowest BCUT2D eigenvalue weighted by molar-refractivity contribution is -0.138. The predicted molar refractivity (Wildman–Crippen MR) is 155 cm³/mol. The summed E-state index contributed by atoms with van der Waals surface area (Å²) in [5.74, 6) is -0.585. The third-order valence-corrected chi connectivity index (χ3v) is 10.3. The Morgan fingerprint density at radius 2 is 1.82 bits per heavy atom. The van der Waals surface area contributed by atoms with Crippen molar-refractivity contribution in [3.05, 3.63) is 93.6 Å². The highest BCUT2D eigenvalue weighted by Gasteiger charge is 2.58. The van der Waals surface area contributed by atoms with Crippen molar-refractivity contribution in [2.24, 2.45) is 0 Å². The molecule has 15 heteroatoms. The van der Waals surface area contributed by atoms with E-state index < -0.39 is 36.3 Å². The lowest BCUT2D eigenvalue weighted by Crippen LogP contribution is -2.45. The SMILES string of the molecule is CCc1cccc2c1-n1nc3c(c1C1(C)C2=C(F)C(C)(OC)c2c1ccn2P(=O)(O)O)CN(c1ncc(C(F)(F)F)cn1)CC3. The number of aromatic nitrogens is 5. The summed E-state index contributed by atoms with van der Waals surface area (Å²) in [6, 6.07) is 7.18. The molecule has 2 aliphatic heterocycles. The van der Waals surface area contributed by atoms with E-state index in [2.05, 4.69) is 9.97 Å². The van der Waals surface area contributed by atoms with Gasteiger partial charge >= 0.3 is 13.9 Å². The summed E-state index contributed by atoms with van der Waals surface area (Å²) < 4.78 is 77.9. The maximum absolute atomic E-state index is 17.3. The smallest absolute Gasteiger partial charge is 0.365 e. The number of anilines is 1. The maximum atomic E-state index is 17.3. The molecule has 0 fully saturated rings. The number of aryl methyl sites for hydroxylation is 1. The van der Waals surface area contributed by atoms with E-state index in [1.54, 1.807) is 15.6 Å². The van der Waals surface area contributed by atoms with Crippen molar-refractivity contribution in [1.29, 1.82) is 0 Å². The van der Waals surface area contributed by atoms with Gasteiger partial charge in [0.05, 0.1) is 33.7 Å². The van der Waals surface area contributed by atoms with E-state index in [0.29, 0.717) is 53.0 Å². The number of hydrogen-bond acceptors (Lipinski definition) is 6. The van der Waals surface area contributed by atoms with Gasteiger partial charge in [-0.3, -0.25) is 4.34 Å². The van der Waals surface area contributed by atoms with Crippen LogP contribution in [0.2, 0.25) is 0 Å². The molecule has 45 heavy (non-hydrogen) atoms. The van der Waals surface area contributed by atoms with Crippen LogP contribution in [-0.4, -0.2) is 47.5 Å². The largest absolute Gasteiger partial charge is 0.434 e. The summed E-state index contributed by atoms with van der Waals surface area (Å²) in [7, 11) is -3.65. The van der Waals surface area contributed by atoms with Crippen LogP contribution in [0.1, 0.15) is 65.7 Å². The van der Waals surface area contributed by atoms with Gasteiger partial charge in [-0.05, 0) is 37.5 Å². The molecule has 0 amide bonds. The standard InChI is InChI=1S/C30H29F4N6O4P/c1-5-16-7-6-8-18-22-24(31)29(3,44-4)26-20(9-12-39(26)45(41,42)43)28(22,2)25-19-15-38(11-10-21(19)37-40(25)23(16)18)27-35-13-17(14-36-27)30(32,33)34/h6-9,12-14H,5,10-11,15H2,1-4H3,(H2,41,42,43). The van der Waals surface area contributed by atoms with Gasteiger partial charge in [0.15, 0.2) is 5.60 Å². The van der Waals surface area contributed by atoms with Crippen LogP contribution < -0.4 is 4.90 Å². The summed E-state index contributed by atoms with van der Waals surface area (Å²) in [5.41, 5.74) is 0.844. The minimum absolute atomic E-state index is 0.0163. The van der Waals surface area contributed by atoms with Crippen molar-refractivity contribution in [2.75, 3.05) is 18.6 Å². The van der Waals surface area contributed by atoms with Crippen molar-refractivity contribution in [3.63, 3.8) is 0 Å². The fourth-order valence-electron chi connectivity index (χ4n) is 7.21. The maximum Gasteiger partial charge on any atom is 0.434 e. The normalized spacial score (nSPS) is 22.5. The van der Waals surface area contributed by atoms with Gasteiger partial charge in [-0.1, -0.05) is 25.1 Å². The van der Waals surface area contributed by atoms with Crippen molar-refractivity contribution >= 4 is 19.3 Å². The molecular formula is C30H29F4N6O4P. The van der Waals surface area contributed by atoms with E-state index in [-0.39, 0.29) is 18.2 Å². The van der Waals surface area contributed by atoms with Crippen LogP contribution in [0.25, 0.3) is 11.3 Å². The molecule has 2 atom stereocenters. The molecule has 0 bridgehead atoms. The molecule has 3 aromatic heterocycles.